The van der Waals surface area contributed by atoms with Crippen molar-refractivity contribution in [3.63, 3.8) is 0 Å². The van der Waals surface area contributed by atoms with Crippen molar-refractivity contribution in [1.29, 1.82) is 0 Å². The molecule has 2 aromatic rings. The number of ether oxygens (including phenoxy) is 1. The first-order valence-electron chi connectivity index (χ1n) is 7.71. The first-order chi connectivity index (χ1) is 11.1. The Morgan fingerprint density at radius 2 is 1.74 bits per heavy atom. The van der Waals surface area contributed by atoms with Gasteiger partial charge in [-0.15, -0.1) is 0 Å². The predicted molar refractivity (Wildman–Crippen MR) is 89.4 cm³/mol. The smallest absolute Gasteiger partial charge is 0.276 e. The second-order valence-electron chi connectivity index (χ2n) is 4.62. The zero-order valence-electron chi connectivity index (χ0n) is 13.7. The lowest BCUT2D eigenvalue weighted by Gasteiger charge is -2.09. The molecule has 4 nitrogen and oxygen atoms in total. The number of alkyl halides is 1. The van der Waals surface area contributed by atoms with Crippen LogP contribution in [0, 0.1) is 10.1 Å². The molecule has 23 heavy (non-hydrogen) atoms. The number of nitro groups is 1. The highest BCUT2D eigenvalue weighted by Crippen LogP contribution is 2.24. The molecule has 0 aliphatic carbocycles. The Kier molecular flexibility index (Phi) is 7.74. The summed E-state index contributed by atoms with van der Waals surface area (Å²) >= 11 is 0. The Morgan fingerprint density at radius 1 is 1.13 bits per heavy atom. The third kappa shape index (κ3) is 5.36. The van der Waals surface area contributed by atoms with Crippen LogP contribution in [-0.2, 0) is 6.61 Å². The molecule has 5 heteroatoms. The topological polar surface area (TPSA) is 52.4 Å². The van der Waals surface area contributed by atoms with Crippen LogP contribution in [0.2, 0.25) is 0 Å². The van der Waals surface area contributed by atoms with Gasteiger partial charge in [-0.3, -0.25) is 10.1 Å². The lowest BCUT2D eigenvalue weighted by Crippen LogP contribution is -2.00. The number of hydrogen-bond donors (Lipinski definition) is 0. The standard InChI is InChI=1S/C16H16FNO3.C2H6/c1-2-15(17)12-7-9-14(10-8-12)21-11-13-5-3-4-6-16(13)18(19)20;1-2/h3-10,15H,2,11H2,1H3;1-2H3. The first-order valence-corrected chi connectivity index (χ1v) is 7.71. The summed E-state index contributed by atoms with van der Waals surface area (Å²) in [7, 11) is 0. The minimum absolute atomic E-state index is 0.0314. The van der Waals surface area contributed by atoms with E-state index in [9.17, 15) is 14.5 Å². The summed E-state index contributed by atoms with van der Waals surface area (Å²) in [6, 6.07) is 13.1. The molecule has 0 bridgehead atoms. The van der Waals surface area contributed by atoms with Crippen LogP contribution in [0.15, 0.2) is 48.5 Å². The fourth-order valence-electron chi connectivity index (χ4n) is 1.98. The number of nitrogens with zero attached hydrogens (tertiary/aromatic N) is 1. The molecule has 0 saturated heterocycles. The van der Waals surface area contributed by atoms with Crippen molar-refractivity contribution < 1.29 is 14.1 Å². The van der Waals surface area contributed by atoms with E-state index in [1.165, 1.54) is 6.07 Å². The molecule has 0 aliphatic rings. The van der Waals surface area contributed by atoms with Crippen molar-refractivity contribution in [2.45, 2.75) is 40.0 Å². The lowest BCUT2D eigenvalue weighted by atomic mass is 10.1. The number of nitro benzene ring substituents is 1. The fourth-order valence-corrected chi connectivity index (χ4v) is 1.98. The van der Waals surface area contributed by atoms with Gasteiger partial charge in [0.05, 0.1) is 10.5 Å². The van der Waals surface area contributed by atoms with Gasteiger partial charge in [-0.2, -0.15) is 0 Å². The molecule has 0 radical (unpaired) electrons. The number of halogens is 1. The molecule has 1 atom stereocenters. The molecular weight excluding hydrogens is 297 g/mol. The highest BCUT2D eigenvalue weighted by molar-refractivity contribution is 5.39. The molecule has 1 unspecified atom stereocenters. The van der Waals surface area contributed by atoms with Gasteiger partial charge in [0.1, 0.15) is 18.5 Å². The third-order valence-electron chi connectivity index (χ3n) is 3.18. The summed E-state index contributed by atoms with van der Waals surface area (Å²) in [5.74, 6) is 0.556. The zero-order valence-corrected chi connectivity index (χ0v) is 13.7. The van der Waals surface area contributed by atoms with Gasteiger partial charge in [0.25, 0.3) is 5.69 Å². The molecule has 0 spiro atoms. The Balaban J connectivity index is 0.00000127. The van der Waals surface area contributed by atoms with Crippen LogP contribution in [0.5, 0.6) is 5.75 Å². The van der Waals surface area contributed by atoms with Crippen molar-refractivity contribution in [2.24, 2.45) is 0 Å². The molecule has 0 aliphatic heterocycles. The molecule has 2 rings (SSSR count). The fraction of sp³-hybridized carbons (Fsp3) is 0.333. The van der Waals surface area contributed by atoms with Crippen LogP contribution in [0.25, 0.3) is 0 Å². The Bertz CT molecular complexity index is 614. The minimum Gasteiger partial charge on any atom is -0.489 e. The van der Waals surface area contributed by atoms with E-state index in [2.05, 4.69) is 0 Å². The van der Waals surface area contributed by atoms with Crippen molar-refractivity contribution in [1.82, 2.24) is 0 Å². The monoisotopic (exact) mass is 319 g/mol. The Hall–Kier alpha value is -2.43. The average Bonchev–Trinajstić information content (AvgIpc) is 2.61. The van der Waals surface area contributed by atoms with Gasteiger partial charge < -0.3 is 4.74 Å². The molecule has 0 amide bonds. The summed E-state index contributed by atoms with van der Waals surface area (Å²) in [5.41, 5.74) is 1.14. The number of benzene rings is 2. The molecule has 0 heterocycles. The van der Waals surface area contributed by atoms with E-state index in [1.807, 2.05) is 13.8 Å². The van der Waals surface area contributed by atoms with Crippen molar-refractivity contribution in [3.8, 4) is 5.75 Å². The predicted octanol–water partition coefficient (Wildman–Crippen LogP) is 5.62. The normalized spacial score (nSPS) is 11.1. The molecule has 0 aromatic heterocycles. The largest absolute Gasteiger partial charge is 0.489 e. The second-order valence-corrected chi connectivity index (χ2v) is 4.62. The van der Waals surface area contributed by atoms with Gasteiger partial charge in [0.2, 0.25) is 0 Å². The Morgan fingerprint density at radius 3 is 2.30 bits per heavy atom. The van der Waals surface area contributed by atoms with Gasteiger partial charge in [-0.25, -0.2) is 4.39 Å². The van der Waals surface area contributed by atoms with E-state index in [0.29, 0.717) is 23.3 Å². The summed E-state index contributed by atoms with van der Waals surface area (Å²) in [5, 5.41) is 10.9. The summed E-state index contributed by atoms with van der Waals surface area (Å²) < 4.78 is 19.0. The van der Waals surface area contributed by atoms with Gasteiger partial charge in [-0.05, 0) is 30.2 Å². The van der Waals surface area contributed by atoms with Crippen LogP contribution in [0.3, 0.4) is 0 Å². The maximum atomic E-state index is 13.5. The molecule has 124 valence electrons. The van der Waals surface area contributed by atoms with E-state index in [4.69, 9.17) is 4.74 Å². The average molecular weight is 319 g/mol. The maximum Gasteiger partial charge on any atom is 0.276 e. The van der Waals surface area contributed by atoms with E-state index in [1.54, 1.807) is 49.4 Å². The van der Waals surface area contributed by atoms with Gasteiger partial charge in [-0.1, -0.05) is 45.0 Å². The summed E-state index contributed by atoms with van der Waals surface area (Å²) in [6.07, 6.45) is -0.551. The summed E-state index contributed by atoms with van der Waals surface area (Å²) in [6.45, 7) is 5.88. The maximum absolute atomic E-state index is 13.5. The molecule has 0 N–H and O–H groups in total. The lowest BCUT2D eigenvalue weighted by molar-refractivity contribution is -0.385. The van der Waals surface area contributed by atoms with Gasteiger partial charge >= 0.3 is 0 Å². The third-order valence-corrected chi connectivity index (χ3v) is 3.18. The number of hydrogen-bond acceptors (Lipinski definition) is 3. The van der Waals surface area contributed by atoms with Crippen LogP contribution in [-0.4, -0.2) is 4.92 Å². The molecule has 0 fully saturated rings. The van der Waals surface area contributed by atoms with Crippen LogP contribution in [0.4, 0.5) is 10.1 Å². The van der Waals surface area contributed by atoms with Gasteiger partial charge in [0.15, 0.2) is 0 Å². The van der Waals surface area contributed by atoms with Crippen molar-refractivity contribution in [2.75, 3.05) is 0 Å². The highest BCUT2D eigenvalue weighted by Gasteiger charge is 2.13. The van der Waals surface area contributed by atoms with Gasteiger partial charge in [0, 0.05) is 6.07 Å². The Labute approximate surface area is 136 Å². The van der Waals surface area contributed by atoms with E-state index in [0.717, 1.165) is 0 Å². The number of para-hydroxylation sites is 1. The van der Waals surface area contributed by atoms with E-state index < -0.39 is 11.1 Å². The quantitative estimate of drug-likeness (QED) is 0.513. The van der Waals surface area contributed by atoms with Crippen molar-refractivity contribution in [3.05, 3.63) is 69.8 Å². The molecular formula is C18H22FNO3. The highest BCUT2D eigenvalue weighted by atomic mass is 19.1. The van der Waals surface area contributed by atoms with E-state index in [-0.39, 0.29) is 12.3 Å². The van der Waals surface area contributed by atoms with Crippen molar-refractivity contribution >= 4 is 5.69 Å². The summed E-state index contributed by atoms with van der Waals surface area (Å²) in [4.78, 5) is 10.5. The molecule has 2 aromatic carbocycles. The number of rotatable bonds is 6. The molecule has 0 saturated carbocycles. The SMILES string of the molecule is CC.CCC(F)c1ccc(OCc2ccccc2[N+](=O)[O-])cc1. The first kappa shape index (κ1) is 18.6. The van der Waals surface area contributed by atoms with E-state index >= 15 is 0 Å². The minimum atomic E-state index is -0.978. The van der Waals surface area contributed by atoms with Crippen LogP contribution in [0.1, 0.15) is 44.5 Å². The second kappa shape index (κ2) is 9.56. The zero-order chi connectivity index (χ0) is 17.2. The van der Waals surface area contributed by atoms with Crippen LogP contribution < -0.4 is 4.74 Å². The van der Waals surface area contributed by atoms with Crippen LogP contribution >= 0.6 is 0 Å².